The molecule has 2 aromatic carbocycles. The highest BCUT2D eigenvalue weighted by Gasteiger charge is 2.25. The van der Waals surface area contributed by atoms with E-state index in [2.05, 4.69) is 26.3 Å². The van der Waals surface area contributed by atoms with Gasteiger partial charge in [-0.15, -0.1) is 0 Å². The van der Waals surface area contributed by atoms with Crippen LogP contribution in [0, 0.1) is 0 Å². The van der Waals surface area contributed by atoms with E-state index < -0.39 is 23.9 Å². The zero-order valence-electron chi connectivity index (χ0n) is 20.2. The van der Waals surface area contributed by atoms with Crippen LogP contribution in [0.5, 0.6) is 0 Å². The Morgan fingerprint density at radius 3 is 2.32 bits per heavy atom. The normalized spacial score (nSPS) is 13.5. The van der Waals surface area contributed by atoms with Crippen molar-refractivity contribution in [3.63, 3.8) is 0 Å². The smallest absolute Gasteiger partial charge is 0.335 e. The van der Waals surface area contributed by atoms with Crippen LogP contribution in [0.3, 0.4) is 0 Å². The number of aliphatic carboxylic acids is 1. The van der Waals surface area contributed by atoms with Crippen molar-refractivity contribution in [1.82, 2.24) is 16.0 Å². The summed E-state index contributed by atoms with van der Waals surface area (Å²) in [6.07, 6.45) is 1.89. The first-order valence-corrected chi connectivity index (χ1v) is 12.6. The van der Waals surface area contributed by atoms with Gasteiger partial charge in [0.15, 0.2) is 5.96 Å². The summed E-state index contributed by atoms with van der Waals surface area (Å²) in [5, 5.41) is 29.7. The van der Waals surface area contributed by atoms with Gasteiger partial charge in [0.25, 0.3) is 5.91 Å². The van der Waals surface area contributed by atoms with E-state index >= 15 is 0 Å². The Hall–Kier alpha value is -3.83. The van der Waals surface area contributed by atoms with Crippen molar-refractivity contribution in [2.24, 2.45) is 4.99 Å². The van der Waals surface area contributed by atoms with Gasteiger partial charge in [0, 0.05) is 38.2 Å². The molecule has 0 aromatic heterocycles. The van der Waals surface area contributed by atoms with Crippen LogP contribution in [0.25, 0.3) is 0 Å². The molecule has 1 heterocycles. The SMILES string of the molecule is O=C(CCCNC1=NCCCN1)Nc1ccc(C[C@H](NC(=O)c2c(Cl)cc(C(=O)O)cc2Cl)C(=O)O)cc1. The topological polar surface area (TPSA) is 169 Å². The van der Waals surface area contributed by atoms with E-state index in [4.69, 9.17) is 28.3 Å². The Morgan fingerprint density at radius 2 is 1.74 bits per heavy atom. The molecule has 0 saturated carbocycles. The van der Waals surface area contributed by atoms with E-state index in [-0.39, 0.29) is 33.5 Å². The van der Waals surface area contributed by atoms with Gasteiger partial charge in [0.1, 0.15) is 6.04 Å². The minimum atomic E-state index is -1.31. The fourth-order valence-corrected chi connectivity index (χ4v) is 4.29. The Balaban J connectivity index is 1.52. The number of nitrogens with zero attached hydrogens (tertiary/aromatic N) is 1. The molecule has 0 spiro atoms. The third-order valence-corrected chi connectivity index (χ3v) is 6.16. The Kier molecular flexibility index (Phi) is 10.3. The summed E-state index contributed by atoms with van der Waals surface area (Å²) >= 11 is 12.1. The number of anilines is 1. The molecule has 3 rings (SSSR count). The number of guanidine groups is 1. The predicted molar refractivity (Wildman–Crippen MR) is 143 cm³/mol. The van der Waals surface area contributed by atoms with Gasteiger partial charge < -0.3 is 31.5 Å². The highest BCUT2D eigenvalue weighted by Crippen LogP contribution is 2.27. The fourth-order valence-electron chi connectivity index (χ4n) is 3.63. The van der Waals surface area contributed by atoms with E-state index in [1.54, 1.807) is 24.3 Å². The van der Waals surface area contributed by atoms with Crippen LogP contribution in [0.4, 0.5) is 5.69 Å². The highest BCUT2D eigenvalue weighted by molar-refractivity contribution is 6.40. The quantitative estimate of drug-likeness (QED) is 0.227. The zero-order valence-corrected chi connectivity index (χ0v) is 21.7. The lowest BCUT2D eigenvalue weighted by molar-refractivity contribution is -0.139. The lowest BCUT2D eigenvalue weighted by Crippen LogP contribution is -2.42. The number of carboxylic acids is 2. The molecule has 0 bridgehead atoms. The van der Waals surface area contributed by atoms with Crippen LogP contribution in [0.15, 0.2) is 41.4 Å². The molecule has 1 atom stereocenters. The number of carbonyl (C=O) groups is 4. The average Bonchev–Trinajstić information content (AvgIpc) is 2.87. The number of halogens is 2. The molecule has 2 amide bonds. The predicted octanol–water partition coefficient (Wildman–Crippen LogP) is 2.77. The molecule has 0 radical (unpaired) electrons. The molecular formula is C25H27Cl2N5O6. The first kappa shape index (κ1) is 28.7. The van der Waals surface area contributed by atoms with Crippen molar-refractivity contribution in [2.45, 2.75) is 31.7 Å². The summed E-state index contributed by atoms with van der Waals surface area (Å²) in [5.74, 6) is -2.81. The molecular weight excluding hydrogens is 537 g/mol. The van der Waals surface area contributed by atoms with E-state index in [1.165, 1.54) is 0 Å². The number of aromatic carboxylic acids is 1. The molecule has 2 aromatic rings. The van der Waals surface area contributed by atoms with Crippen LogP contribution in [-0.4, -0.2) is 65.6 Å². The van der Waals surface area contributed by atoms with E-state index in [0.717, 1.165) is 37.6 Å². The number of carboxylic acid groups (broad SMARTS) is 2. The number of nitrogens with one attached hydrogen (secondary N) is 4. The molecule has 1 aliphatic rings. The monoisotopic (exact) mass is 563 g/mol. The van der Waals surface area contributed by atoms with Gasteiger partial charge in [-0.1, -0.05) is 35.3 Å². The number of amides is 2. The van der Waals surface area contributed by atoms with Crippen LogP contribution >= 0.6 is 23.2 Å². The van der Waals surface area contributed by atoms with Gasteiger partial charge in [-0.3, -0.25) is 14.6 Å². The maximum Gasteiger partial charge on any atom is 0.335 e. The van der Waals surface area contributed by atoms with Gasteiger partial charge in [-0.25, -0.2) is 9.59 Å². The number of carbonyl (C=O) groups excluding carboxylic acids is 2. The van der Waals surface area contributed by atoms with Crippen molar-refractivity contribution in [3.8, 4) is 0 Å². The molecule has 1 aliphatic heterocycles. The fraction of sp³-hybridized carbons (Fsp3) is 0.320. The lowest BCUT2D eigenvalue weighted by atomic mass is 10.0. The molecule has 11 nitrogen and oxygen atoms in total. The molecule has 202 valence electrons. The molecule has 0 aliphatic carbocycles. The Bertz CT molecular complexity index is 1210. The van der Waals surface area contributed by atoms with Crippen LogP contribution in [-0.2, 0) is 16.0 Å². The van der Waals surface area contributed by atoms with Gasteiger partial charge >= 0.3 is 11.9 Å². The zero-order chi connectivity index (χ0) is 27.7. The summed E-state index contributed by atoms with van der Waals surface area (Å²) in [6.45, 7) is 2.28. The lowest BCUT2D eigenvalue weighted by Gasteiger charge is -2.16. The third-order valence-electron chi connectivity index (χ3n) is 5.57. The van der Waals surface area contributed by atoms with Crippen molar-refractivity contribution < 1.29 is 29.4 Å². The van der Waals surface area contributed by atoms with Crippen LogP contribution in [0.1, 0.15) is 45.5 Å². The second-order valence-corrected chi connectivity index (χ2v) is 9.29. The van der Waals surface area contributed by atoms with E-state index in [1.807, 2.05) is 0 Å². The van der Waals surface area contributed by atoms with Crippen molar-refractivity contribution in [1.29, 1.82) is 0 Å². The first-order chi connectivity index (χ1) is 18.1. The number of hydrogen-bond donors (Lipinski definition) is 6. The summed E-state index contributed by atoms with van der Waals surface area (Å²) in [6, 6.07) is 7.39. The molecule has 0 fully saturated rings. The second kappa shape index (κ2) is 13.6. The molecule has 13 heteroatoms. The van der Waals surface area contributed by atoms with Gasteiger partial charge in [-0.2, -0.15) is 0 Å². The number of benzene rings is 2. The van der Waals surface area contributed by atoms with Crippen molar-refractivity contribution in [2.75, 3.05) is 25.0 Å². The maximum atomic E-state index is 12.7. The standard InChI is InChI=1S/C25H27Cl2N5O6/c26-17-12-15(23(35)36)13-18(27)21(17)22(34)32-19(24(37)38)11-14-4-6-16(7-5-14)31-20(33)3-1-8-28-25-29-9-2-10-30-25/h4-7,12-13,19H,1-3,8-11H2,(H,31,33)(H,32,34)(H,35,36)(H,37,38)(H2,28,29,30)/t19-/m0/s1. The summed E-state index contributed by atoms with van der Waals surface area (Å²) in [5.41, 5.74) is 0.722. The van der Waals surface area contributed by atoms with Gasteiger partial charge in [0.05, 0.1) is 21.2 Å². The summed E-state index contributed by atoms with van der Waals surface area (Å²) < 4.78 is 0. The number of rotatable bonds is 11. The van der Waals surface area contributed by atoms with Crippen LogP contribution < -0.4 is 21.3 Å². The van der Waals surface area contributed by atoms with Crippen molar-refractivity contribution >= 4 is 58.6 Å². The number of hydrogen-bond acceptors (Lipinski definition) is 7. The summed E-state index contributed by atoms with van der Waals surface area (Å²) in [7, 11) is 0. The number of aliphatic imine (C=N–C) groups is 1. The maximum absolute atomic E-state index is 12.7. The van der Waals surface area contributed by atoms with E-state index in [0.29, 0.717) is 30.6 Å². The highest BCUT2D eigenvalue weighted by atomic mass is 35.5. The Labute approximate surface area is 228 Å². The van der Waals surface area contributed by atoms with Gasteiger partial charge in [-0.05, 0) is 42.7 Å². The first-order valence-electron chi connectivity index (χ1n) is 11.8. The Morgan fingerprint density at radius 1 is 1.05 bits per heavy atom. The summed E-state index contributed by atoms with van der Waals surface area (Å²) in [4.78, 5) is 52.1. The molecule has 0 saturated heterocycles. The minimum Gasteiger partial charge on any atom is -0.480 e. The van der Waals surface area contributed by atoms with Crippen molar-refractivity contribution in [3.05, 3.63) is 63.1 Å². The second-order valence-electron chi connectivity index (χ2n) is 8.47. The van der Waals surface area contributed by atoms with Gasteiger partial charge in [0.2, 0.25) is 5.91 Å². The van der Waals surface area contributed by atoms with Crippen LogP contribution in [0.2, 0.25) is 10.0 Å². The largest absolute Gasteiger partial charge is 0.480 e. The average molecular weight is 564 g/mol. The van der Waals surface area contributed by atoms with E-state index in [9.17, 15) is 24.3 Å². The molecule has 6 N–H and O–H groups in total. The molecule has 38 heavy (non-hydrogen) atoms. The molecule has 0 unspecified atom stereocenters. The third kappa shape index (κ3) is 8.35. The minimum absolute atomic E-state index is 0.0542.